The molecule has 1 aromatic heterocycles. The van der Waals surface area contributed by atoms with Crippen LogP contribution in [0.4, 0.5) is 0 Å². The number of carbonyl (C=O) groups is 1. The maximum Gasteiger partial charge on any atom is 0.257 e. The average molecular weight is 279 g/mol. The molecule has 0 unspecified atom stereocenters. The Balaban J connectivity index is 1.77. The fraction of sp³-hybridized carbons (Fsp3) is 0.714. The number of nitrogens with zero attached hydrogens (tertiary/aromatic N) is 3. The van der Waals surface area contributed by atoms with Gasteiger partial charge in [-0.2, -0.15) is 5.10 Å². The van der Waals surface area contributed by atoms with Crippen molar-refractivity contribution in [2.75, 3.05) is 26.8 Å². The maximum absolute atomic E-state index is 12.5. The van der Waals surface area contributed by atoms with Gasteiger partial charge in [-0.05, 0) is 19.3 Å². The fourth-order valence-electron chi connectivity index (χ4n) is 3.36. The van der Waals surface area contributed by atoms with Gasteiger partial charge < -0.3 is 14.4 Å². The van der Waals surface area contributed by atoms with E-state index in [2.05, 4.69) is 5.10 Å². The molecule has 3 heterocycles. The molecule has 2 fully saturated rings. The molecule has 2 aliphatic rings. The molecule has 0 bridgehead atoms. The zero-order chi connectivity index (χ0) is 14.2. The SMILES string of the molecule is CO[C@H]1CCN(C(=O)c2cnn(C)c2)C[C@@]12CCCO2. The molecular weight excluding hydrogens is 258 g/mol. The number of likely N-dealkylation sites (tertiary alicyclic amines) is 1. The van der Waals surface area contributed by atoms with E-state index in [0.717, 1.165) is 25.9 Å². The average Bonchev–Trinajstić information content (AvgIpc) is 3.08. The predicted octanol–water partition coefficient (Wildman–Crippen LogP) is 0.830. The van der Waals surface area contributed by atoms with E-state index in [1.807, 2.05) is 11.9 Å². The molecule has 6 heteroatoms. The van der Waals surface area contributed by atoms with Crippen LogP contribution in [0.2, 0.25) is 0 Å². The Labute approximate surface area is 118 Å². The lowest BCUT2D eigenvalue weighted by atomic mass is 9.86. The van der Waals surface area contributed by atoms with Crippen molar-refractivity contribution >= 4 is 5.91 Å². The Kier molecular flexibility index (Phi) is 3.52. The van der Waals surface area contributed by atoms with Gasteiger partial charge in [0.05, 0.1) is 24.4 Å². The minimum atomic E-state index is -0.315. The van der Waals surface area contributed by atoms with Crippen LogP contribution in [-0.2, 0) is 16.5 Å². The van der Waals surface area contributed by atoms with E-state index in [4.69, 9.17) is 9.47 Å². The smallest absolute Gasteiger partial charge is 0.257 e. The first kappa shape index (κ1) is 13.6. The first-order valence-electron chi connectivity index (χ1n) is 7.09. The molecule has 1 spiro atoms. The van der Waals surface area contributed by atoms with Gasteiger partial charge in [0.1, 0.15) is 5.60 Å². The lowest BCUT2D eigenvalue weighted by Crippen LogP contribution is -2.58. The van der Waals surface area contributed by atoms with E-state index in [9.17, 15) is 4.79 Å². The van der Waals surface area contributed by atoms with Gasteiger partial charge in [-0.25, -0.2) is 0 Å². The predicted molar refractivity (Wildman–Crippen MR) is 72.4 cm³/mol. The van der Waals surface area contributed by atoms with E-state index in [1.165, 1.54) is 0 Å². The number of piperidine rings is 1. The second-order valence-electron chi connectivity index (χ2n) is 5.66. The van der Waals surface area contributed by atoms with E-state index < -0.39 is 0 Å². The topological polar surface area (TPSA) is 56.6 Å². The van der Waals surface area contributed by atoms with Crippen LogP contribution in [0.3, 0.4) is 0 Å². The first-order valence-corrected chi connectivity index (χ1v) is 7.09. The molecule has 0 saturated carbocycles. The highest BCUT2D eigenvalue weighted by Crippen LogP contribution is 2.36. The molecule has 3 rings (SSSR count). The fourth-order valence-corrected chi connectivity index (χ4v) is 3.36. The molecule has 2 aliphatic heterocycles. The molecule has 6 nitrogen and oxygen atoms in total. The van der Waals surface area contributed by atoms with Gasteiger partial charge in [0.15, 0.2) is 0 Å². The van der Waals surface area contributed by atoms with Crippen molar-refractivity contribution in [3.8, 4) is 0 Å². The third kappa shape index (κ3) is 2.23. The van der Waals surface area contributed by atoms with Crippen LogP contribution >= 0.6 is 0 Å². The summed E-state index contributed by atoms with van der Waals surface area (Å²) >= 11 is 0. The Morgan fingerprint density at radius 3 is 3.05 bits per heavy atom. The van der Waals surface area contributed by atoms with Gasteiger partial charge in [0, 0.05) is 33.5 Å². The van der Waals surface area contributed by atoms with E-state index >= 15 is 0 Å². The normalized spacial score (nSPS) is 30.1. The highest BCUT2D eigenvalue weighted by Gasteiger charge is 2.48. The van der Waals surface area contributed by atoms with Gasteiger partial charge in [0.2, 0.25) is 0 Å². The quantitative estimate of drug-likeness (QED) is 0.804. The van der Waals surface area contributed by atoms with Gasteiger partial charge in [-0.3, -0.25) is 9.48 Å². The van der Waals surface area contributed by atoms with Gasteiger partial charge in [-0.15, -0.1) is 0 Å². The number of ether oxygens (including phenoxy) is 2. The summed E-state index contributed by atoms with van der Waals surface area (Å²) in [7, 11) is 3.54. The summed E-state index contributed by atoms with van der Waals surface area (Å²) in [5.41, 5.74) is 0.321. The minimum absolute atomic E-state index is 0.0301. The number of rotatable bonds is 2. The molecule has 20 heavy (non-hydrogen) atoms. The Morgan fingerprint density at radius 2 is 2.45 bits per heavy atom. The van der Waals surface area contributed by atoms with Gasteiger partial charge in [-0.1, -0.05) is 0 Å². The molecule has 0 radical (unpaired) electrons. The summed E-state index contributed by atoms with van der Waals surface area (Å²) in [6.07, 6.45) is 6.28. The molecule has 0 aromatic carbocycles. The third-order valence-corrected chi connectivity index (χ3v) is 4.36. The van der Waals surface area contributed by atoms with E-state index in [1.54, 1.807) is 24.2 Å². The van der Waals surface area contributed by atoms with Crippen LogP contribution in [0, 0.1) is 0 Å². The largest absolute Gasteiger partial charge is 0.378 e. The second-order valence-corrected chi connectivity index (χ2v) is 5.66. The third-order valence-electron chi connectivity index (χ3n) is 4.36. The first-order chi connectivity index (χ1) is 9.64. The number of carbonyl (C=O) groups excluding carboxylic acids is 1. The summed E-state index contributed by atoms with van der Waals surface area (Å²) < 4.78 is 13.2. The zero-order valence-electron chi connectivity index (χ0n) is 12.0. The Hall–Kier alpha value is -1.40. The number of hydrogen-bond acceptors (Lipinski definition) is 4. The number of hydrogen-bond donors (Lipinski definition) is 0. The van der Waals surface area contributed by atoms with Crippen molar-refractivity contribution in [3.63, 3.8) is 0 Å². The number of aryl methyl sites for hydroxylation is 1. The minimum Gasteiger partial charge on any atom is -0.378 e. The molecule has 110 valence electrons. The van der Waals surface area contributed by atoms with Crippen molar-refractivity contribution < 1.29 is 14.3 Å². The number of methoxy groups -OCH3 is 1. The molecule has 0 aliphatic carbocycles. The van der Waals surface area contributed by atoms with Gasteiger partial charge in [0.25, 0.3) is 5.91 Å². The van der Waals surface area contributed by atoms with Crippen molar-refractivity contribution in [1.29, 1.82) is 0 Å². The highest BCUT2D eigenvalue weighted by atomic mass is 16.6. The lowest BCUT2D eigenvalue weighted by Gasteiger charge is -2.44. The second kappa shape index (κ2) is 5.18. The van der Waals surface area contributed by atoms with Gasteiger partial charge >= 0.3 is 0 Å². The Morgan fingerprint density at radius 1 is 1.60 bits per heavy atom. The summed E-state index contributed by atoms with van der Waals surface area (Å²) in [6, 6.07) is 0. The maximum atomic E-state index is 12.5. The summed E-state index contributed by atoms with van der Waals surface area (Å²) in [5.74, 6) is 0.0301. The highest BCUT2D eigenvalue weighted by molar-refractivity contribution is 5.93. The standard InChI is InChI=1S/C14H21N3O3/c1-16-9-11(8-15-16)13(18)17-6-4-12(19-2)14(10-17)5-3-7-20-14/h8-9,12H,3-7,10H2,1-2H3/t12-,14-/m0/s1. The van der Waals surface area contributed by atoms with Crippen LogP contribution in [0.25, 0.3) is 0 Å². The zero-order valence-corrected chi connectivity index (χ0v) is 12.0. The molecule has 1 amide bonds. The van der Waals surface area contributed by atoms with E-state index in [-0.39, 0.29) is 17.6 Å². The van der Waals surface area contributed by atoms with Crippen LogP contribution in [-0.4, -0.2) is 59.1 Å². The van der Waals surface area contributed by atoms with Crippen molar-refractivity contribution in [2.45, 2.75) is 31.0 Å². The van der Waals surface area contributed by atoms with Crippen LogP contribution in [0.1, 0.15) is 29.6 Å². The molecular formula is C14H21N3O3. The van der Waals surface area contributed by atoms with Crippen LogP contribution in [0.5, 0.6) is 0 Å². The number of aromatic nitrogens is 2. The molecule has 2 saturated heterocycles. The summed E-state index contributed by atoms with van der Waals surface area (Å²) in [4.78, 5) is 14.4. The summed E-state index contributed by atoms with van der Waals surface area (Å²) in [6.45, 7) is 2.07. The Bertz CT molecular complexity index is 494. The van der Waals surface area contributed by atoms with Crippen LogP contribution in [0.15, 0.2) is 12.4 Å². The number of amides is 1. The summed E-state index contributed by atoms with van der Waals surface area (Å²) in [5, 5.41) is 4.07. The molecule has 2 atom stereocenters. The molecule has 1 aromatic rings. The van der Waals surface area contributed by atoms with Crippen molar-refractivity contribution in [2.24, 2.45) is 7.05 Å². The lowest BCUT2D eigenvalue weighted by molar-refractivity contribution is -0.137. The molecule has 0 N–H and O–H groups in total. The van der Waals surface area contributed by atoms with Crippen molar-refractivity contribution in [3.05, 3.63) is 18.0 Å². The van der Waals surface area contributed by atoms with Crippen LogP contribution < -0.4 is 0 Å². The monoisotopic (exact) mass is 279 g/mol. The van der Waals surface area contributed by atoms with E-state index in [0.29, 0.717) is 18.7 Å². The van der Waals surface area contributed by atoms with Crippen molar-refractivity contribution in [1.82, 2.24) is 14.7 Å².